The highest BCUT2D eigenvalue weighted by molar-refractivity contribution is 8.00. The Hall–Kier alpha value is -1.43. The number of carboxylic acid groups (broad SMARTS) is 1. The van der Waals surface area contributed by atoms with Crippen molar-refractivity contribution in [2.24, 2.45) is 0 Å². The van der Waals surface area contributed by atoms with Crippen LogP contribution in [-0.2, 0) is 11.3 Å². The number of carbonyl (C=O) groups excluding carboxylic acids is 1. The topological polar surface area (TPSA) is 62.5 Å². The molecular formula is C13H18N2O3S. The second-order valence-electron chi connectivity index (χ2n) is 5.25. The summed E-state index contributed by atoms with van der Waals surface area (Å²) in [6.45, 7) is 5.77. The molecule has 1 fully saturated rings. The molecule has 2 rings (SSSR count). The number of hydrogen-bond acceptors (Lipinski definition) is 3. The normalized spacial score (nSPS) is 18.3. The number of nitrogens with zero attached hydrogens (tertiary/aromatic N) is 2. The minimum absolute atomic E-state index is 0.0212. The van der Waals surface area contributed by atoms with Crippen LogP contribution in [0.2, 0.25) is 0 Å². The molecule has 0 atom stereocenters. The molecule has 1 aliphatic rings. The molecule has 0 saturated carbocycles. The number of carboxylic acids is 1. The zero-order chi connectivity index (χ0) is 14.0. The van der Waals surface area contributed by atoms with Crippen molar-refractivity contribution in [3.05, 3.63) is 24.0 Å². The van der Waals surface area contributed by atoms with Crippen molar-refractivity contribution in [2.75, 3.05) is 18.8 Å². The minimum atomic E-state index is -1.01. The molecule has 5 nitrogen and oxygen atoms in total. The highest BCUT2D eigenvalue weighted by Crippen LogP contribution is 2.29. The second-order valence-corrected chi connectivity index (χ2v) is 7.05. The van der Waals surface area contributed by atoms with Gasteiger partial charge in [0.15, 0.2) is 0 Å². The van der Waals surface area contributed by atoms with Crippen LogP contribution in [-0.4, -0.2) is 50.0 Å². The van der Waals surface area contributed by atoms with Gasteiger partial charge in [-0.1, -0.05) is 0 Å². The second kappa shape index (κ2) is 5.28. The maximum atomic E-state index is 12.2. The van der Waals surface area contributed by atoms with E-state index in [2.05, 4.69) is 13.8 Å². The Labute approximate surface area is 116 Å². The Morgan fingerprint density at radius 2 is 2.21 bits per heavy atom. The van der Waals surface area contributed by atoms with Gasteiger partial charge in [0, 0.05) is 29.8 Å². The summed E-state index contributed by atoms with van der Waals surface area (Å²) in [5, 5.41) is 9.01. The molecule has 0 radical (unpaired) electrons. The molecule has 104 valence electrons. The van der Waals surface area contributed by atoms with Crippen LogP contribution in [0.5, 0.6) is 0 Å². The summed E-state index contributed by atoms with van der Waals surface area (Å²) in [6, 6.07) is 3.15. The van der Waals surface area contributed by atoms with E-state index in [0.717, 1.165) is 12.3 Å². The quantitative estimate of drug-likeness (QED) is 0.913. The Bertz CT molecular complexity index is 496. The first-order valence-corrected chi connectivity index (χ1v) is 7.18. The third-order valence-corrected chi connectivity index (χ3v) is 4.43. The first-order valence-electron chi connectivity index (χ1n) is 6.19. The van der Waals surface area contributed by atoms with Crippen LogP contribution in [0.25, 0.3) is 0 Å². The lowest BCUT2D eigenvalue weighted by molar-refractivity contribution is -0.132. The van der Waals surface area contributed by atoms with Gasteiger partial charge < -0.3 is 14.6 Å². The predicted octanol–water partition coefficient (Wildman–Crippen LogP) is 1.54. The summed E-state index contributed by atoms with van der Waals surface area (Å²) in [6.07, 6.45) is 1.63. The molecule has 19 heavy (non-hydrogen) atoms. The van der Waals surface area contributed by atoms with Gasteiger partial charge in [0.05, 0.1) is 0 Å². The summed E-state index contributed by atoms with van der Waals surface area (Å²) >= 11 is 1.86. The minimum Gasteiger partial charge on any atom is -0.477 e. The first-order chi connectivity index (χ1) is 8.89. The van der Waals surface area contributed by atoms with Crippen LogP contribution in [0.1, 0.15) is 24.3 Å². The maximum absolute atomic E-state index is 12.2. The van der Waals surface area contributed by atoms with Crippen molar-refractivity contribution in [3.8, 4) is 0 Å². The van der Waals surface area contributed by atoms with E-state index in [0.29, 0.717) is 6.54 Å². The zero-order valence-electron chi connectivity index (χ0n) is 11.1. The molecule has 1 aromatic rings. The van der Waals surface area contributed by atoms with E-state index < -0.39 is 5.97 Å². The lowest BCUT2D eigenvalue weighted by Gasteiger charge is -2.37. The summed E-state index contributed by atoms with van der Waals surface area (Å²) in [4.78, 5) is 25.0. The number of rotatable bonds is 3. The molecule has 1 N–H and O–H groups in total. The van der Waals surface area contributed by atoms with Crippen molar-refractivity contribution >= 4 is 23.6 Å². The van der Waals surface area contributed by atoms with Gasteiger partial charge in [-0.25, -0.2) is 4.79 Å². The van der Waals surface area contributed by atoms with Crippen LogP contribution in [0, 0.1) is 0 Å². The molecule has 2 heterocycles. The number of thioether (sulfide) groups is 1. The van der Waals surface area contributed by atoms with Gasteiger partial charge >= 0.3 is 5.97 Å². The molecule has 0 spiro atoms. The zero-order valence-corrected chi connectivity index (χ0v) is 11.9. The smallest absolute Gasteiger partial charge is 0.352 e. The fourth-order valence-corrected chi connectivity index (χ4v) is 3.33. The molecular weight excluding hydrogens is 264 g/mol. The Morgan fingerprint density at radius 3 is 2.84 bits per heavy atom. The highest BCUT2D eigenvalue weighted by Gasteiger charge is 2.29. The van der Waals surface area contributed by atoms with Crippen LogP contribution < -0.4 is 0 Å². The summed E-state index contributed by atoms with van der Waals surface area (Å²) in [5.41, 5.74) is 0.152. The van der Waals surface area contributed by atoms with E-state index in [1.54, 1.807) is 12.3 Å². The largest absolute Gasteiger partial charge is 0.477 e. The monoisotopic (exact) mass is 282 g/mol. The third kappa shape index (κ3) is 3.32. The van der Waals surface area contributed by atoms with Gasteiger partial charge in [-0.3, -0.25) is 4.79 Å². The molecule has 0 aliphatic carbocycles. The fourth-order valence-electron chi connectivity index (χ4n) is 2.22. The van der Waals surface area contributed by atoms with E-state index in [1.807, 2.05) is 16.7 Å². The Morgan fingerprint density at radius 1 is 1.47 bits per heavy atom. The van der Waals surface area contributed by atoms with E-state index in [9.17, 15) is 9.59 Å². The van der Waals surface area contributed by atoms with Crippen LogP contribution in [0.3, 0.4) is 0 Å². The standard InChI is InChI=1S/C13H18N2O3S/c1-13(2)9-15(6-7-19-13)11(16)8-14-5-3-4-10(14)12(17)18/h3-5H,6-9H2,1-2H3,(H,17,18). The third-order valence-electron chi connectivity index (χ3n) is 3.13. The molecule has 1 saturated heterocycles. The Balaban J connectivity index is 2.05. The number of carbonyl (C=O) groups is 2. The number of hydrogen-bond donors (Lipinski definition) is 1. The Kier molecular flexibility index (Phi) is 3.89. The summed E-state index contributed by atoms with van der Waals surface area (Å²) in [5.74, 6) is -0.102. The van der Waals surface area contributed by atoms with Crippen molar-refractivity contribution in [1.29, 1.82) is 0 Å². The van der Waals surface area contributed by atoms with Gasteiger partial charge in [0.2, 0.25) is 5.91 Å². The predicted molar refractivity (Wildman–Crippen MR) is 74.5 cm³/mol. The highest BCUT2D eigenvalue weighted by atomic mass is 32.2. The number of aromatic carboxylic acids is 1. The molecule has 0 unspecified atom stereocenters. The SMILES string of the molecule is CC1(C)CN(C(=O)Cn2cccc2C(=O)O)CCS1. The van der Waals surface area contributed by atoms with Crippen molar-refractivity contribution in [3.63, 3.8) is 0 Å². The maximum Gasteiger partial charge on any atom is 0.352 e. The van der Waals surface area contributed by atoms with E-state index in [1.165, 1.54) is 10.6 Å². The lowest BCUT2D eigenvalue weighted by Crippen LogP contribution is -2.47. The van der Waals surface area contributed by atoms with Crippen LogP contribution in [0.4, 0.5) is 0 Å². The molecule has 1 aliphatic heterocycles. The first kappa shape index (κ1) is 14.0. The van der Waals surface area contributed by atoms with E-state index >= 15 is 0 Å². The number of aromatic nitrogens is 1. The summed E-state index contributed by atoms with van der Waals surface area (Å²) < 4.78 is 1.56. The van der Waals surface area contributed by atoms with Gasteiger partial charge in [0.1, 0.15) is 12.2 Å². The lowest BCUT2D eigenvalue weighted by atomic mass is 10.2. The van der Waals surface area contributed by atoms with Crippen molar-refractivity contribution < 1.29 is 14.7 Å². The molecule has 0 bridgehead atoms. The van der Waals surface area contributed by atoms with Crippen molar-refractivity contribution in [1.82, 2.24) is 9.47 Å². The average Bonchev–Trinajstić information content (AvgIpc) is 2.75. The van der Waals surface area contributed by atoms with E-state index in [-0.39, 0.29) is 22.9 Å². The van der Waals surface area contributed by atoms with Gasteiger partial charge in [-0.05, 0) is 26.0 Å². The van der Waals surface area contributed by atoms with Crippen LogP contribution >= 0.6 is 11.8 Å². The molecule has 0 aromatic carbocycles. The fraction of sp³-hybridized carbons (Fsp3) is 0.538. The van der Waals surface area contributed by atoms with Crippen molar-refractivity contribution in [2.45, 2.75) is 25.1 Å². The molecule has 6 heteroatoms. The van der Waals surface area contributed by atoms with Crippen LogP contribution in [0.15, 0.2) is 18.3 Å². The number of amides is 1. The molecule has 1 amide bonds. The van der Waals surface area contributed by atoms with E-state index in [4.69, 9.17) is 5.11 Å². The van der Waals surface area contributed by atoms with Gasteiger partial charge in [-0.2, -0.15) is 11.8 Å². The average molecular weight is 282 g/mol. The molecule has 1 aromatic heterocycles. The summed E-state index contributed by atoms with van der Waals surface area (Å²) in [7, 11) is 0. The van der Waals surface area contributed by atoms with Gasteiger partial charge in [-0.15, -0.1) is 0 Å². The van der Waals surface area contributed by atoms with Gasteiger partial charge in [0.25, 0.3) is 0 Å².